The van der Waals surface area contributed by atoms with Gasteiger partial charge < -0.3 is 15.1 Å². The highest BCUT2D eigenvalue weighted by atomic mass is 16.3. The molecule has 2 atom stereocenters. The van der Waals surface area contributed by atoms with Crippen LogP contribution in [0.4, 0.5) is 0 Å². The number of carbonyl (C=O) groups excluding carboxylic acids is 2. The van der Waals surface area contributed by atoms with Gasteiger partial charge in [-0.15, -0.1) is 0 Å². The second-order valence-electron chi connectivity index (χ2n) is 6.04. The molecule has 0 spiro atoms. The van der Waals surface area contributed by atoms with E-state index >= 15 is 0 Å². The van der Waals surface area contributed by atoms with Gasteiger partial charge in [0.05, 0.1) is 6.26 Å². The number of nitrogens with one attached hydrogen (secondary N) is 2. The Balaban J connectivity index is 2.19. The molecule has 2 unspecified atom stereocenters. The molecule has 1 aromatic heterocycles. The molecule has 2 aromatic rings. The number of carbonyl (C=O) groups is 2. The first-order valence-corrected chi connectivity index (χ1v) is 8.43. The number of hydrogen-bond acceptors (Lipinski definition) is 3. The zero-order chi connectivity index (χ0) is 18.2. The predicted octanol–water partition coefficient (Wildman–Crippen LogP) is 3.60. The van der Waals surface area contributed by atoms with Crippen LogP contribution in [-0.4, -0.2) is 17.9 Å². The van der Waals surface area contributed by atoms with E-state index in [2.05, 4.69) is 24.5 Å². The lowest BCUT2D eigenvalue weighted by Gasteiger charge is -2.21. The second kappa shape index (κ2) is 8.87. The van der Waals surface area contributed by atoms with Gasteiger partial charge in [-0.3, -0.25) is 9.59 Å². The van der Waals surface area contributed by atoms with Crippen molar-refractivity contribution in [3.05, 3.63) is 65.7 Å². The fourth-order valence-corrected chi connectivity index (χ4v) is 2.24. The summed E-state index contributed by atoms with van der Waals surface area (Å²) in [6.07, 6.45) is 4.00. The normalized spacial score (nSPS) is 13.8. The maximum Gasteiger partial charge on any atom is 0.268 e. The standard InChI is InChI=1S/C20H24N2O3/c1-4-14(2)15(3)21-20(24)18(13-17-11-8-12-25-17)22-19(23)16-9-6-5-7-10-16/h5-15H,4H2,1-3H3,(H,21,24)(H,22,23)/b18-13-. The third kappa shape index (κ3) is 5.35. The zero-order valence-corrected chi connectivity index (χ0v) is 14.8. The highest BCUT2D eigenvalue weighted by Gasteiger charge is 2.19. The monoisotopic (exact) mass is 340 g/mol. The van der Waals surface area contributed by atoms with E-state index in [1.54, 1.807) is 36.4 Å². The van der Waals surface area contributed by atoms with Crippen molar-refractivity contribution in [2.45, 2.75) is 33.2 Å². The van der Waals surface area contributed by atoms with E-state index < -0.39 is 0 Å². The van der Waals surface area contributed by atoms with Crippen molar-refractivity contribution < 1.29 is 14.0 Å². The Labute approximate surface area is 148 Å². The summed E-state index contributed by atoms with van der Waals surface area (Å²) in [7, 11) is 0. The average Bonchev–Trinajstić information content (AvgIpc) is 3.14. The van der Waals surface area contributed by atoms with Crippen LogP contribution in [0.15, 0.2) is 58.8 Å². The molecule has 132 valence electrons. The minimum atomic E-state index is -0.343. The fourth-order valence-electron chi connectivity index (χ4n) is 2.24. The lowest BCUT2D eigenvalue weighted by molar-refractivity contribution is -0.118. The Bertz CT molecular complexity index is 721. The van der Waals surface area contributed by atoms with Gasteiger partial charge in [0.15, 0.2) is 0 Å². The number of amides is 2. The SMILES string of the molecule is CCC(C)C(C)NC(=O)/C(=C/c1ccco1)NC(=O)c1ccccc1. The molecule has 0 fully saturated rings. The number of hydrogen-bond donors (Lipinski definition) is 2. The summed E-state index contributed by atoms with van der Waals surface area (Å²) in [4.78, 5) is 25.0. The summed E-state index contributed by atoms with van der Waals surface area (Å²) in [6.45, 7) is 6.10. The van der Waals surface area contributed by atoms with Crippen molar-refractivity contribution >= 4 is 17.9 Å². The second-order valence-corrected chi connectivity index (χ2v) is 6.04. The molecule has 5 heteroatoms. The fraction of sp³-hybridized carbons (Fsp3) is 0.300. The van der Waals surface area contributed by atoms with E-state index in [1.807, 2.05) is 13.0 Å². The maximum atomic E-state index is 12.6. The Hall–Kier alpha value is -2.82. The molecule has 0 aliphatic rings. The molecule has 0 aliphatic heterocycles. The van der Waals surface area contributed by atoms with Crippen LogP contribution in [0.3, 0.4) is 0 Å². The summed E-state index contributed by atoms with van der Waals surface area (Å²) >= 11 is 0. The van der Waals surface area contributed by atoms with Gasteiger partial charge >= 0.3 is 0 Å². The van der Waals surface area contributed by atoms with E-state index in [4.69, 9.17) is 4.42 Å². The summed E-state index contributed by atoms with van der Waals surface area (Å²) in [5.41, 5.74) is 0.634. The third-order valence-corrected chi connectivity index (χ3v) is 4.21. The molecule has 25 heavy (non-hydrogen) atoms. The van der Waals surface area contributed by atoms with Crippen LogP contribution in [0, 0.1) is 5.92 Å². The van der Waals surface area contributed by atoms with Crippen LogP contribution in [0.25, 0.3) is 6.08 Å². The minimum Gasteiger partial charge on any atom is -0.465 e. The quantitative estimate of drug-likeness (QED) is 0.757. The van der Waals surface area contributed by atoms with E-state index in [9.17, 15) is 9.59 Å². The third-order valence-electron chi connectivity index (χ3n) is 4.21. The maximum absolute atomic E-state index is 12.6. The Morgan fingerprint density at radius 3 is 2.44 bits per heavy atom. The first-order chi connectivity index (χ1) is 12.0. The molecule has 2 N–H and O–H groups in total. The van der Waals surface area contributed by atoms with Gasteiger partial charge in [0.2, 0.25) is 0 Å². The van der Waals surface area contributed by atoms with Gasteiger partial charge in [-0.25, -0.2) is 0 Å². The topological polar surface area (TPSA) is 71.3 Å². The molecule has 0 bridgehead atoms. The Kier molecular flexibility index (Phi) is 6.57. The van der Waals surface area contributed by atoms with Crippen molar-refractivity contribution in [1.82, 2.24) is 10.6 Å². The van der Waals surface area contributed by atoms with Crippen molar-refractivity contribution in [3.63, 3.8) is 0 Å². The molecular weight excluding hydrogens is 316 g/mol. The average molecular weight is 340 g/mol. The van der Waals surface area contributed by atoms with Crippen LogP contribution in [-0.2, 0) is 4.79 Å². The molecule has 0 saturated heterocycles. The first kappa shape index (κ1) is 18.5. The van der Waals surface area contributed by atoms with E-state index in [0.29, 0.717) is 17.2 Å². The molecular formula is C20H24N2O3. The molecule has 1 aromatic carbocycles. The van der Waals surface area contributed by atoms with E-state index in [0.717, 1.165) is 6.42 Å². The molecule has 1 heterocycles. The lowest BCUT2D eigenvalue weighted by Crippen LogP contribution is -2.41. The van der Waals surface area contributed by atoms with Crippen LogP contribution in [0.2, 0.25) is 0 Å². The van der Waals surface area contributed by atoms with Gasteiger partial charge in [0.1, 0.15) is 11.5 Å². The van der Waals surface area contributed by atoms with Gasteiger partial charge in [-0.2, -0.15) is 0 Å². The van der Waals surface area contributed by atoms with Crippen LogP contribution in [0.5, 0.6) is 0 Å². The number of furan rings is 1. The largest absolute Gasteiger partial charge is 0.465 e. The van der Waals surface area contributed by atoms with Gasteiger partial charge in [0.25, 0.3) is 11.8 Å². The summed E-state index contributed by atoms with van der Waals surface area (Å²) in [5, 5.41) is 5.62. The van der Waals surface area contributed by atoms with Crippen molar-refractivity contribution in [1.29, 1.82) is 0 Å². The summed E-state index contributed by atoms with van der Waals surface area (Å²) < 4.78 is 5.27. The molecule has 0 saturated carbocycles. The van der Waals surface area contributed by atoms with Gasteiger partial charge in [-0.05, 0) is 37.1 Å². The van der Waals surface area contributed by atoms with Crippen LogP contribution in [0.1, 0.15) is 43.3 Å². The highest BCUT2D eigenvalue weighted by molar-refractivity contribution is 6.05. The molecule has 2 rings (SSSR count). The van der Waals surface area contributed by atoms with Crippen molar-refractivity contribution in [2.24, 2.45) is 5.92 Å². The molecule has 0 aliphatic carbocycles. The Morgan fingerprint density at radius 2 is 1.84 bits per heavy atom. The van der Waals surface area contributed by atoms with Crippen LogP contribution < -0.4 is 10.6 Å². The van der Waals surface area contributed by atoms with Crippen LogP contribution >= 0.6 is 0 Å². The predicted molar refractivity (Wildman–Crippen MR) is 97.7 cm³/mol. The zero-order valence-electron chi connectivity index (χ0n) is 14.8. The molecule has 2 amide bonds. The van der Waals surface area contributed by atoms with E-state index in [-0.39, 0.29) is 23.6 Å². The first-order valence-electron chi connectivity index (χ1n) is 8.43. The smallest absolute Gasteiger partial charge is 0.268 e. The Morgan fingerprint density at radius 1 is 1.12 bits per heavy atom. The lowest BCUT2D eigenvalue weighted by atomic mass is 10.0. The summed E-state index contributed by atoms with van der Waals surface area (Å²) in [6, 6.07) is 12.2. The molecule has 5 nitrogen and oxygen atoms in total. The van der Waals surface area contributed by atoms with Gasteiger partial charge in [-0.1, -0.05) is 38.5 Å². The number of benzene rings is 1. The number of rotatable bonds is 7. The minimum absolute atomic E-state index is 0.00821. The van der Waals surface area contributed by atoms with Crippen molar-refractivity contribution in [2.75, 3.05) is 0 Å². The van der Waals surface area contributed by atoms with Gasteiger partial charge in [0, 0.05) is 17.7 Å². The molecule has 0 radical (unpaired) electrons. The summed E-state index contributed by atoms with van der Waals surface area (Å²) in [5.74, 6) is 0.145. The highest BCUT2D eigenvalue weighted by Crippen LogP contribution is 2.10. The van der Waals surface area contributed by atoms with E-state index in [1.165, 1.54) is 12.3 Å². The van der Waals surface area contributed by atoms with Crippen molar-refractivity contribution in [3.8, 4) is 0 Å².